The number of aromatic nitrogens is 2. The predicted octanol–water partition coefficient (Wildman–Crippen LogP) is 8.64. The van der Waals surface area contributed by atoms with Gasteiger partial charge >= 0.3 is 0 Å². The van der Waals surface area contributed by atoms with Crippen LogP contribution in [0.2, 0.25) is 0 Å². The Labute approximate surface area is 219 Å². The molecule has 0 amide bonds. The lowest BCUT2D eigenvalue weighted by atomic mass is 10.0. The van der Waals surface area contributed by atoms with Gasteiger partial charge in [0.25, 0.3) is 0 Å². The summed E-state index contributed by atoms with van der Waals surface area (Å²) < 4.78 is 3.61. The summed E-state index contributed by atoms with van der Waals surface area (Å²) in [6.07, 6.45) is 4.52. The van der Waals surface area contributed by atoms with Crippen molar-refractivity contribution in [3.63, 3.8) is 0 Å². The van der Waals surface area contributed by atoms with E-state index in [2.05, 4.69) is 114 Å². The largest absolute Gasteiger partial charge is 0.318 e. The second-order valence-corrected chi connectivity index (χ2v) is 11.5. The maximum Gasteiger partial charge on any atom is 0.128 e. The Morgan fingerprint density at radius 2 is 1.21 bits per heavy atom. The standard InChI is InChI=1S/C28H20IN3S2/c1-17-15-19(16-18(2)32(17)21-13-11-20(29)12-14-21)26(27-30-22-7-3-5-9-24(22)33-27)28-31-23-8-4-6-10-25(23)34-28/h3-16H,1-2H3. The van der Waals surface area contributed by atoms with Crippen LogP contribution in [0.15, 0.2) is 102 Å². The molecule has 0 atom stereocenters. The molecule has 0 unspecified atom stereocenters. The maximum atomic E-state index is 5.03. The number of benzene rings is 3. The molecule has 3 aromatic carbocycles. The number of thiazole rings is 2. The van der Waals surface area contributed by atoms with Crippen molar-refractivity contribution in [3.8, 4) is 0 Å². The van der Waals surface area contributed by atoms with Gasteiger partial charge < -0.3 is 4.90 Å². The number of para-hydroxylation sites is 2. The lowest BCUT2D eigenvalue weighted by molar-refractivity contribution is 1.04. The molecule has 0 radical (unpaired) electrons. The number of rotatable bonds is 3. The quantitative estimate of drug-likeness (QED) is 0.197. The van der Waals surface area contributed by atoms with E-state index < -0.39 is 0 Å². The van der Waals surface area contributed by atoms with Crippen LogP contribution in [0.4, 0.5) is 5.69 Å². The topological polar surface area (TPSA) is 29.0 Å². The Morgan fingerprint density at radius 1 is 0.706 bits per heavy atom. The van der Waals surface area contributed by atoms with Crippen LogP contribution in [0.3, 0.4) is 0 Å². The summed E-state index contributed by atoms with van der Waals surface area (Å²) in [6, 6.07) is 25.3. The molecule has 166 valence electrons. The van der Waals surface area contributed by atoms with Gasteiger partial charge in [-0.25, -0.2) is 9.97 Å². The van der Waals surface area contributed by atoms with Crippen molar-refractivity contribution >= 4 is 77.0 Å². The van der Waals surface area contributed by atoms with Gasteiger partial charge in [-0.3, -0.25) is 0 Å². The van der Waals surface area contributed by atoms with Crippen molar-refractivity contribution in [1.82, 2.24) is 9.97 Å². The molecule has 3 nitrogen and oxygen atoms in total. The van der Waals surface area contributed by atoms with Gasteiger partial charge in [-0.1, -0.05) is 24.3 Å². The number of halogens is 1. The van der Waals surface area contributed by atoms with E-state index in [1.54, 1.807) is 22.7 Å². The molecule has 0 N–H and O–H groups in total. The summed E-state index contributed by atoms with van der Waals surface area (Å²) in [5.41, 5.74) is 7.83. The number of anilines is 1. The molecule has 5 aromatic rings. The first kappa shape index (κ1) is 21.7. The van der Waals surface area contributed by atoms with Gasteiger partial charge in [0.15, 0.2) is 0 Å². The van der Waals surface area contributed by atoms with Crippen LogP contribution in [0, 0.1) is 3.57 Å². The molecule has 3 heterocycles. The third-order valence-electron chi connectivity index (χ3n) is 5.82. The molecule has 34 heavy (non-hydrogen) atoms. The van der Waals surface area contributed by atoms with Crippen LogP contribution in [0.1, 0.15) is 23.9 Å². The first-order chi connectivity index (χ1) is 16.6. The Morgan fingerprint density at radius 3 is 1.71 bits per heavy atom. The van der Waals surface area contributed by atoms with Gasteiger partial charge in [0.1, 0.15) is 10.0 Å². The fraction of sp³-hybridized carbons (Fsp3) is 0.0714. The second kappa shape index (κ2) is 8.76. The Balaban J connectivity index is 1.56. The first-order valence-corrected chi connectivity index (χ1v) is 13.7. The number of hydrogen-bond acceptors (Lipinski definition) is 5. The van der Waals surface area contributed by atoms with Crippen LogP contribution in [0.25, 0.3) is 26.0 Å². The van der Waals surface area contributed by atoms with Crippen LogP contribution < -0.4 is 4.90 Å². The van der Waals surface area contributed by atoms with Gasteiger partial charge in [0.2, 0.25) is 0 Å². The summed E-state index contributed by atoms with van der Waals surface area (Å²) in [5, 5.41) is 2.01. The van der Waals surface area contributed by atoms with Gasteiger partial charge in [-0.15, -0.1) is 22.7 Å². The molecule has 0 fully saturated rings. The molecule has 0 bridgehead atoms. The van der Waals surface area contributed by atoms with E-state index >= 15 is 0 Å². The average Bonchev–Trinajstić information content (AvgIpc) is 3.44. The molecule has 1 aliphatic heterocycles. The van der Waals surface area contributed by atoms with E-state index in [0.717, 1.165) is 32.2 Å². The van der Waals surface area contributed by atoms with E-state index in [1.807, 2.05) is 12.1 Å². The number of fused-ring (bicyclic) bond motifs is 2. The summed E-state index contributed by atoms with van der Waals surface area (Å²) >= 11 is 5.81. The Bertz CT molecular complexity index is 1470. The molecular weight excluding hydrogens is 569 g/mol. The second-order valence-electron chi connectivity index (χ2n) is 8.19. The molecular formula is C28H20IN3S2. The SMILES string of the molecule is CC1=CC(=C(c2nc3ccccc3s2)c2nc3ccccc3s2)C=C(C)N1c1ccc(I)cc1. The number of hydrogen-bond donors (Lipinski definition) is 0. The normalized spacial score (nSPS) is 14.0. The van der Waals surface area contributed by atoms with E-state index in [1.165, 1.54) is 30.1 Å². The van der Waals surface area contributed by atoms with Crippen molar-refractivity contribution in [2.45, 2.75) is 13.8 Å². The molecule has 0 aliphatic carbocycles. The molecule has 0 spiro atoms. The van der Waals surface area contributed by atoms with Crippen molar-refractivity contribution < 1.29 is 0 Å². The highest BCUT2D eigenvalue weighted by Crippen LogP contribution is 2.40. The lowest BCUT2D eigenvalue weighted by Crippen LogP contribution is -2.21. The lowest BCUT2D eigenvalue weighted by Gasteiger charge is -2.30. The first-order valence-electron chi connectivity index (χ1n) is 11.0. The van der Waals surface area contributed by atoms with Gasteiger partial charge in [-0.2, -0.15) is 0 Å². The third kappa shape index (κ3) is 3.89. The minimum atomic E-state index is 1.01. The zero-order chi connectivity index (χ0) is 23.2. The van der Waals surface area contributed by atoms with E-state index in [0.29, 0.717) is 0 Å². The van der Waals surface area contributed by atoms with E-state index in [9.17, 15) is 0 Å². The van der Waals surface area contributed by atoms with Crippen LogP contribution >= 0.6 is 45.3 Å². The summed E-state index contributed by atoms with van der Waals surface area (Å²) in [7, 11) is 0. The van der Waals surface area contributed by atoms with Crippen LogP contribution in [-0.2, 0) is 0 Å². The third-order valence-corrected chi connectivity index (χ3v) is 8.65. The van der Waals surface area contributed by atoms with Crippen molar-refractivity contribution in [2.24, 2.45) is 0 Å². The molecule has 0 saturated heterocycles. The summed E-state index contributed by atoms with van der Waals surface area (Å²) in [6.45, 7) is 4.34. The van der Waals surface area contributed by atoms with Gasteiger partial charge in [-0.05, 0) is 103 Å². The van der Waals surface area contributed by atoms with Crippen molar-refractivity contribution in [1.29, 1.82) is 0 Å². The summed E-state index contributed by atoms with van der Waals surface area (Å²) in [4.78, 5) is 12.4. The van der Waals surface area contributed by atoms with Crippen molar-refractivity contribution in [2.75, 3.05) is 4.90 Å². The highest BCUT2D eigenvalue weighted by Gasteiger charge is 2.23. The molecule has 6 heteroatoms. The number of allylic oxidation sites excluding steroid dienone is 5. The van der Waals surface area contributed by atoms with E-state index in [4.69, 9.17) is 9.97 Å². The van der Waals surface area contributed by atoms with Crippen LogP contribution in [-0.4, -0.2) is 9.97 Å². The Kier molecular flexibility index (Phi) is 5.59. The highest BCUT2D eigenvalue weighted by atomic mass is 127. The van der Waals surface area contributed by atoms with Gasteiger partial charge in [0.05, 0.1) is 26.0 Å². The predicted molar refractivity (Wildman–Crippen MR) is 154 cm³/mol. The minimum absolute atomic E-state index is 1.01. The number of nitrogens with zero attached hydrogens (tertiary/aromatic N) is 3. The molecule has 0 saturated carbocycles. The monoisotopic (exact) mass is 589 g/mol. The zero-order valence-electron chi connectivity index (χ0n) is 18.6. The minimum Gasteiger partial charge on any atom is -0.318 e. The highest BCUT2D eigenvalue weighted by molar-refractivity contribution is 14.1. The molecule has 2 aromatic heterocycles. The fourth-order valence-corrected chi connectivity index (χ4v) is 6.83. The maximum absolute atomic E-state index is 5.03. The molecule has 6 rings (SSSR count). The molecule has 1 aliphatic rings. The van der Waals surface area contributed by atoms with Crippen molar-refractivity contribution in [3.05, 3.63) is 116 Å². The van der Waals surface area contributed by atoms with E-state index in [-0.39, 0.29) is 0 Å². The average molecular weight is 590 g/mol. The fourth-order valence-electron chi connectivity index (χ4n) is 4.34. The van der Waals surface area contributed by atoms with Gasteiger partial charge in [0, 0.05) is 20.7 Å². The van der Waals surface area contributed by atoms with Crippen LogP contribution in [0.5, 0.6) is 0 Å². The zero-order valence-corrected chi connectivity index (χ0v) is 22.4. The smallest absolute Gasteiger partial charge is 0.128 e. The summed E-state index contributed by atoms with van der Waals surface area (Å²) in [5.74, 6) is 0. The Hall–Kier alpha value is -2.81.